The maximum atomic E-state index is 12.6. The minimum Gasteiger partial charge on any atom is -0.497 e. The Hall–Kier alpha value is -3.03. The lowest BCUT2D eigenvalue weighted by Crippen LogP contribution is -2.38. The smallest absolute Gasteiger partial charge is 0.328 e. The number of hydrogen-bond donors (Lipinski definition) is 1. The number of nitrogens with one attached hydrogen (secondary N) is 1. The Morgan fingerprint density at radius 2 is 2.04 bits per heavy atom. The number of H-pyrrole nitrogens is 1. The van der Waals surface area contributed by atoms with Crippen molar-refractivity contribution in [3.8, 4) is 11.5 Å². The first-order chi connectivity index (χ1) is 12.9. The van der Waals surface area contributed by atoms with Crippen LogP contribution in [0.2, 0.25) is 0 Å². The molecule has 0 radical (unpaired) electrons. The lowest BCUT2D eigenvalue weighted by atomic mass is 9.97. The van der Waals surface area contributed by atoms with Gasteiger partial charge >= 0.3 is 5.69 Å². The Bertz CT molecular complexity index is 963. The third kappa shape index (κ3) is 3.89. The van der Waals surface area contributed by atoms with E-state index in [1.165, 1.54) is 10.8 Å². The van der Waals surface area contributed by atoms with Crippen molar-refractivity contribution in [2.45, 2.75) is 25.8 Å². The number of benzene rings is 1. The molecule has 2 aromatic rings. The number of amides is 1. The van der Waals surface area contributed by atoms with Gasteiger partial charge in [-0.25, -0.2) is 4.79 Å². The molecule has 144 valence electrons. The second-order valence-corrected chi connectivity index (χ2v) is 6.63. The number of ether oxygens (including phenoxy) is 2. The lowest BCUT2D eigenvalue weighted by Gasteiger charge is -2.19. The zero-order chi connectivity index (χ0) is 19.6. The molecule has 0 saturated carbocycles. The van der Waals surface area contributed by atoms with Crippen LogP contribution in [0.15, 0.2) is 34.0 Å². The molecule has 1 atom stereocenters. The number of nitrogens with zero attached hydrogens (tertiary/aromatic N) is 2. The first kappa shape index (κ1) is 18.8. The number of rotatable bonds is 5. The molecule has 1 saturated heterocycles. The van der Waals surface area contributed by atoms with E-state index in [1.54, 1.807) is 26.0 Å². The van der Waals surface area contributed by atoms with Crippen LogP contribution in [0.25, 0.3) is 0 Å². The van der Waals surface area contributed by atoms with Crippen LogP contribution in [0.1, 0.15) is 23.5 Å². The summed E-state index contributed by atoms with van der Waals surface area (Å²) in [6.07, 6.45) is 2.21. The number of methoxy groups -OCH3 is 2. The minimum atomic E-state index is -0.579. The van der Waals surface area contributed by atoms with Crippen LogP contribution < -0.4 is 20.7 Å². The summed E-state index contributed by atoms with van der Waals surface area (Å²) in [6, 6.07) is 5.64. The number of aryl methyl sites for hydroxylation is 1. The molecule has 1 aliphatic heterocycles. The quantitative estimate of drug-likeness (QED) is 0.840. The topological polar surface area (TPSA) is 93.6 Å². The van der Waals surface area contributed by atoms with Gasteiger partial charge in [0.15, 0.2) is 0 Å². The fourth-order valence-corrected chi connectivity index (χ4v) is 3.38. The van der Waals surface area contributed by atoms with Crippen molar-refractivity contribution in [3.63, 3.8) is 0 Å². The van der Waals surface area contributed by atoms with Crippen LogP contribution in [0.4, 0.5) is 0 Å². The molecule has 8 nitrogen and oxygen atoms in total. The van der Waals surface area contributed by atoms with Gasteiger partial charge in [-0.3, -0.25) is 19.1 Å². The Morgan fingerprint density at radius 1 is 1.26 bits per heavy atom. The molecule has 0 bridgehead atoms. The van der Waals surface area contributed by atoms with Crippen LogP contribution in [0, 0.1) is 6.92 Å². The van der Waals surface area contributed by atoms with Crippen molar-refractivity contribution in [2.75, 3.05) is 27.3 Å². The van der Waals surface area contributed by atoms with Crippen LogP contribution in [0.5, 0.6) is 11.5 Å². The summed E-state index contributed by atoms with van der Waals surface area (Å²) < 4.78 is 12.0. The molecule has 1 aliphatic rings. The SMILES string of the molecule is COc1ccc(OC)c([C@@H]2CCN(C(=O)Cn3cc(C)c(=O)[nH]c3=O)C2)c1. The molecule has 1 aromatic carbocycles. The summed E-state index contributed by atoms with van der Waals surface area (Å²) >= 11 is 0. The molecule has 0 unspecified atom stereocenters. The molecule has 3 rings (SSSR count). The maximum Gasteiger partial charge on any atom is 0.328 e. The van der Waals surface area contributed by atoms with Crippen molar-refractivity contribution >= 4 is 5.91 Å². The molecule has 27 heavy (non-hydrogen) atoms. The van der Waals surface area contributed by atoms with E-state index in [4.69, 9.17) is 9.47 Å². The summed E-state index contributed by atoms with van der Waals surface area (Å²) in [7, 11) is 3.23. The lowest BCUT2D eigenvalue weighted by molar-refractivity contribution is -0.130. The van der Waals surface area contributed by atoms with Gasteiger partial charge in [-0.05, 0) is 31.5 Å². The molecule has 1 aromatic heterocycles. The Morgan fingerprint density at radius 3 is 2.74 bits per heavy atom. The number of likely N-dealkylation sites (tertiary alicyclic amines) is 1. The zero-order valence-corrected chi connectivity index (χ0v) is 15.7. The van der Waals surface area contributed by atoms with Crippen LogP contribution in [-0.4, -0.2) is 47.7 Å². The summed E-state index contributed by atoms with van der Waals surface area (Å²) in [5.74, 6) is 1.48. The summed E-state index contributed by atoms with van der Waals surface area (Å²) in [6.45, 7) is 2.64. The van der Waals surface area contributed by atoms with Crippen LogP contribution in [-0.2, 0) is 11.3 Å². The van der Waals surface area contributed by atoms with Gasteiger partial charge < -0.3 is 14.4 Å². The summed E-state index contributed by atoms with van der Waals surface area (Å²) in [4.78, 5) is 39.9. The van der Waals surface area contributed by atoms with Crippen molar-refractivity contribution in [3.05, 3.63) is 56.4 Å². The van der Waals surface area contributed by atoms with Crippen LogP contribution >= 0.6 is 0 Å². The number of hydrogen-bond acceptors (Lipinski definition) is 5. The van der Waals surface area contributed by atoms with Crippen molar-refractivity contribution in [1.82, 2.24) is 14.5 Å². The number of carbonyl (C=O) groups is 1. The Labute approximate surface area is 156 Å². The van der Waals surface area contributed by atoms with Gasteiger partial charge in [0.25, 0.3) is 5.56 Å². The first-order valence-corrected chi connectivity index (χ1v) is 8.73. The van der Waals surface area contributed by atoms with Crippen molar-refractivity contribution in [2.24, 2.45) is 0 Å². The fraction of sp³-hybridized carbons (Fsp3) is 0.421. The predicted molar refractivity (Wildman–Crippen MR) is 99.5 cm³/mol. The van der Waals surface area contributed by atoms with Gasteiger partial charge in [-0.1, -0.05) is 0 Å². The fourth-order valence-electron chi connectivity index (χ4n) is 3.38. The molecular formula is C19H23N3O5. The van der Waals surface area contributed by atoms with E-state index in [9.17, 15) is 14.4 Å². The van der Waals surface area contributed by atoms with E-state index >= 15 is 0 Å². The van der Waals surface area contributed by atoms with Crippen molar-refractivity contribution < 1.29 is 14.3 Å². The largest absolute Gasteiger partial charge is 0.497 e. The zero-order valence-electron chi connectivity index (χ0n) is 15.7. The average Bonchev–Trinajstić information content (AvgIpc) is 3.15. The highest BCUT2D eigenvalue weighted by atomic mass is 16.5. The second kappa shape index (κ2) is 7.69. The summed E-state index contributed by atoms with van der Waals surface area (Å²) in [5, 5.41) is 0. The average molecular weight is 373 g/mol. The maximum absolute atomic E-state index is 12.6. The third-order valence-corrected chi connectivity index (χ3v) is 4.91. The predicted octanol–water partition coefficient (Wildman–Crippen LogP) is 0.878. The molecule has 0 spiro atoms. The normalized spacial score (nSPS) is 16.4. The van der Waals surface area contributed by atoms with Crippen LogP contribution in [0.3, 0.4) is 0 Å². The van der Waals surface area contributed by atoms with E-state index < -0.39 is 11.2 Å². The molecule has 1 fully saturated rings. The van der Waals surface area contributed by atoms with Crippen molar-refractivity contribution in [1.29, 1.82) is 0 Å². The van der Waals surface area contributed by atoms with E-state index in [1.807, 2.05) is 18.2 Å². The Balaban J connectivity index is 1.75. The molecule has 1 amide bonds. The highest BCUT2D eigenvalue weighted by molar-refractivity contribution is 5.76. The van der Waals surface area contributed by atoms with Gasteiger partial charge in [0.1, 0.15) is 18.0 Å². The standard InChI is InChI=1S/C19H23N3O5/c1-12-9-22(19(25)20-18(12)24)11-17(23)21-7-6-13(10-21)15-8-14(26-2)4-5-16(15)27-3/h4-5,8-9,13H,6-7,10-11H2,1-3H3,(H,20,24,25)/t13-/m1/s1. The summed E-state index contributed by atoms with van der Waals surface area (Å²) in [5.41, 5.74) is 0.381. The highest BCUT2D eigenvalue weighted by Crippen LogP contribution is 2.36. The van der Waals surface area contributed by atoms with E-state index in [0.717, 1.165) is 23.5 Å². The van der Waals surface area contributed by atoms with Gasteiger partial charge in [0.2, 0.25) is 5.91 Å². The van der Waals surface area contributed by atoms with Gasteiger partial charge in [-0.2, -0.15) is 0 Å². The molecule has 8 heteroatoms. The third-order valence-electron chi connectivity index (χ3n) is 4.91. The van der Waals surface area contributed by atoms with Gasteiger partial charge in [-0.15, -0.1) is 0 Å². The Kier molecular flexibility index (Phi) is 5.34. The molecule has 2 heterocycles. The first-order valence-electron chi connectivity index (χ1n) is 8.73. The number of aromatic nitrogens is 2. The number of aromatic amines is 1. The molecule has 1 N–H and O–H groups in total. The number of carbonyl (C=O) groups excluding carboxylic acids is 1. The van der Waals surface area contributed by atoms with Gasteiger partial charge in [0.05, 0.1) is 14.2 Å². The highest BCUT2D eigenvalue weighted by Gasteiger charge is 2.29. The van der Waals surface area contributed by atoms with E-state index in [2.05, 4.69) is 4.98 Å². The van der Waals surface area contributed by atoms with E-state index in [-0.39, 0.29) is 18.4 Å². The minimum absolute atomic E-state index is 0.0988. The monoisotopic (exact) mass is 373 g/mol. The molecular weight excluding hydrogens is 350 g/mol. The van der Waals surface area contributed by atoms with E-state index in [0.29, 0.717) is 18.7 Å². The molecule has 0 aliphatic carbocycles. The second-order valence-electron chi connectivity index (χ2n) is 6.63. The van der Waals surface area contributed by atoms with Gasteiger partial charge in [0, 0.05) is 36.3 Å².